The first-order valence-corrected chi connectivity index (χ1v) is 7.31. The van der Waals surface area contributed by atoms with Gasteiger partial charge in [0.1, 0.15) is 6.04 Å². The van der Waals surface area contributed by atoms with E-state index < -0.39 is 16.9 Å². The molecule has 1 unspecified atom stereocenters. The predicted molar refractivity (Wildman–Crippen MR) is 78.9 cm³/mol. The van der Waals surface area contributed by atoms with Crippen molar-refractivity contribution in [3.8, 4) is 0 Å². The van der Waals surface area contributed by atoms with Gasteiger partial charge in [0.15, 0.2) is 0 Å². The van der Waals surface area contributed by atoms with E-state index in [2.05, 4.69) is 26.6 Å². The summed E-state index contributed by atoms with van der Waals surface area (Å²) in [6.07, 6.45) is 2.28. The van der Waals surface area contributed by atoms with Crippen molar-refractivity contribution in [2.45, 2.75) is 25.3 Å². The molecule has 112 valence electrons. The Morgan fingerprint density at radius 3 is 2.90 bits per heavy atom. The van der Waals surface area contributed by atoms with Crippen LogP contribution in [0.25, 0.3) is 0 Å². The highest BCUT2D eigenvalue weighted by Gasteiger charge is 2.24. The Kier molecular flexibility index (Phi) is 4.89. The first-order valence-electron chi connectivity index (χ1n) is 6.51. The Labute approximate surface area is 129 Å². The fourth-order valence-electron chi connectivity index (χ4n) is 2.11. The van der Waals surface area contributed by atoms with Gasteiger partial charge in [0, 0.05) is 18.2 Å². The lowest BCUT2D eigenvalue weighted by molar-refractivity contribution is -0.385. The van der Waals surface area contributed by atoms with Crippen molar-refractivity contribution >= 4 is 33.4 Å². The third-order valence-electron chi connectivity index (χ3n) is 3.25. The quantitative estimate of drug-likeness (QED) is 0.636. The molecule has 0 aliphatic carbocycles. The van der Waals surface area contributed by atoms with Crippen molar-refractivity contribution in [2.24, 2.45) is 0 Å². The van der Waals surface area contributed by atoms with E-state index in [4.69, 9.17) is 0 Å². The molecule has 0 bridgehead atoms. The first kappa shape index (κ1) is 15.4. The van der Waals surface area contributed by atoms with Crippen molar-refractivity contribution in [1.29, 1.82) is 0 Å². The van der Waals surface area contributed by atoms with Crippen LogP contribution in [0.2, 0.25) is 0 Å². The van der Waals surface area contributed by atoms with Crippen LogP contribution < -0.4 is 10.6 Å². The molecule has 0 radical (unpaired) electrons. The zero-order chi connectivity index (χ0) is 15.4. The van der Waals surface area contributed by atoms with Crippen LogP contribution in [0.15, 0.2) is 22.7 Å². The monoisotopic (exact) mass is 355 g/mol. The maximum atomic E-state index is 12.1. The van der Waals surface area contributed by atoms with Gasteiger partial charge in [0.25, 0.3) is 11.6 Å². The van der Waals surface area contributed by atoms with E-state index in [-0.39, 0.29) is 17.2 Å². The molecule has 2 amide bonds. The summed E-state index contributed by atoms with van der Waals surface area (Å²) in [5.41, 5.74) is -0.0325. The molecule has 1 aliphatic heterocycles. The highest BCUT2D eigenvalue weighted by Crippen LogP contribution is 2.25. The normalized spacial score (nSPS) is 18.5. The summed E-state index contributed by atoms with van der Waals surface area (Å²) in [6.45, 7) is 0.606. The van der Waals surface area contributed by atoms with E-state index >= 15 is 0 Å². The van der Waals surface area contributed by atoms with Crippen LogP contribution in [-0.2, 0) is 4.79 Å². The molecule has 1 aromatic carbocycles. The Morgan fingerprint density at radius 1 is 1.43 bits per heavy atom. The molecule has 1 aliphatic rings. The molecule has 21 heavy (non-hydrogen) atoms. The SMILES string of the molecule is O=C(NC1CCCCNC1=O)c1ccc(Br)c([N+](=O)[O-])c1. The standard InChI is InChI=1S/C13H14BrN3O4/c14-9-5-4-8(7-11(9)17(20)21)12(18)16-10-3-1-2-6-15-13(10)19/h4-5,7,10H,1-3,6H2,(H,15,19)(H,16,18). The molecule has 1 atom stereocenters. The first-order chi connectivity index (χ1) is 9.99. The highest BCUT2D eigenvalue weighted by molar-refractivity contribution is 9.10. The zero-order valence-corrected chi connectivity index (χ0v) is 12.7. The average Bonchev–Trinajstić information content (AvgIpc) is 2.64. The van der Waals surface area contributed by atoms with Crippen LogP contribution >= 0.6 is 15.9 Å². The van der Waals surface area contributed by atoms with Crippen LogP contribution in [0.3, 0.4) is 0 Å². The number of nitro benzene ring substituents is 1. The minimum atomic E-state index is -0.595. The molecule has 1 heterocycles. The van der Waals surface area contributed by atoms with Crippen molar-refractivity contribution in [2.75, 3.05) is 6.54 Å². The van der Waals surface area contributed by atoms with Gasteiger partial charge >= 0.3 is 0 Å². The van der Waals surface area contributed by atoms with Crippen molar-refractivity contribution in [3.63, 3.8) is 0 Å². The molecule has 0 saturated carbocycles. The number of benzene rings is 1. The molecule has 0 aromatic heterocycles. The Balaban J connectivity index is 2.14. The summed E-state index contributed by atoms with van der Waals surface area (Å²) in [7, 11) is 0. The lowest BCUT2D eigenvalue weighted by Crippen LogP contribution is -2.45. The zero-order valence-electron chi connectivity index (χ0n) is 11.1. The minimum Gasteiger partial charge on any atom is -0.354 e. The van der Waals surface area contributed by atoms with Gasteiger partial charge in [0.05, 0.1) is 9.40 Å². The molecule has 0 spiro atoms. The summed E-state index contributed by atoms with van der Waals surface area (Å²) in [5, 5.41) is 16.2. The summed E-state index contributed by atoms with van der Waals surface area (Å²) >= 11 is 3.06. The molecule has 2 N–H and O–H groups in total. The number of nitrogens with zero attached hydrogens (tertiary/aromatic N) is 1. The number of carbonyl (C=O) groups is 2. The van der Waals surface area contributed by atoms with Gasteiger partial charge in [0.2, 0.25) is 5.91 Å². The molecular formula is C13H14BrN3O4. The number of hydrogen-bond donors (Lipinski definition) is 2. The lowest BCUT2D eigenvalue weighted by Gasteiger charge is -2.15. The maximum absolute atomic E-state index is 12.1. The lowest BCUT2D eigenvalue weighted by atomic mass is 10.1. The Bertz CT molecular complexity index is 591. The smallest absolute Gasteiger partial charge is 0.284 e. The van der Waals surface area contributed by atoms with Crippen molar-refractivity contribution < 1.29 is 14.5 Å². The van der Waals surface area contributed by atoms with Gasteiger partial charge in [-0.15, -0.1) is 0 Å². The molecule has 1 fully saturated rings. The number of nitrogens with one attached hydrogen (secondary N) is 2. The fraction of sp³-hybridized carbons (Fsp3) is 0.385. The van der Waals surface area contributed by atoms with E-state index in [1.54, 1.807) is 0 Å². The fourth-order valence-corrected chi connectivity index (χ4v) is 2.50. The topological polar surface area (TPSA) is 101 Å². The van der Waals surface area contributed by atoms with Crippen LogP contribution in [0.4, 0.5) is 5.69 Å². The van der Waals surface area contributed by atoms with Gasteiger partial charge in [-0.3, -0.25) is 19.7 Å². The van der Waals surface area contributed by atoms with Gasteiger partial charge in [-0.25, -0.2) is 0 Å². The number of halogens is 1. The van der Waals surface area contributed by atoms with E-state index in [0.29, 0.717) is 17.4 Å². The largest absolute Gasteiger partial charge is 0.354 e. The number of amides is 2. The second-order valence-electron chi connectivity index (χ2n) is 4.74. The molecule has 1 aromatic rings. The maximum Gasteiger partial charge on any atom is 0.284 e. The van der Waals surface area contributed by atoms with E-state index in [1.807, 2.05) is 0 Å². The van der Waals surface area contributed by atoms with Crippen LogP contribution in [0.1, 0.15) is 29.6 Å². The average molecular weight is 356 g/mol. The predicted octanol–water partition coefficient (Wildman–Crippen LogP) is 1.76. The molecule has 8 heteroatoms. The molecule has 1 saturated heterocycles. The second-order valence-corrected chi connectivity index (χ2v) is 5.59. The Morgan fingerprint density at radius 2 is 2.19 bits per heavy atom. The summed E-state index contributed by atoms with van der Waals surface area (Å²) in [4.78, 5) is 34.2. The number of hydrogen-bond acceptors (Lipinski definition) is 4. The van der Waals surface area contributed by atoms with E-state index in [0.717, 1.165) is 12.8 Å². The van der Waals surface area contributed by atoms with Crippen LogP contribution in [0, 0.1) is 10.1 Å². The van der Waals surface area contributed by atoms with Gasteiger partial charge in [-0.2, -0.15) is 0 Å². The Hall–Kier alpha value is -1.96. The summed E-state index contributed by atoms with van der Waals surface area (Å²) in [6, 6.07) is 3.51. The van der Waals surface area contributed by atoms with E-state index in [9.17, 15) is 19.7 Å². The van der Waals surface area contributed by atoms with Crippen molar-refractivity contribution in [3.05, 3.63) is 38.3 Å². The van der Waals surface area contributed by atoms with E-state index in [1.165, 1.54) is 18.2 Å². The summed E-state index contributed by atoms with van der Waals surface area (Å²) in [5.74, 6) is -0.708. The third kappa shape index (κ3) is 3.78. The van der Waals surface area contributed by atoms with Gasteiger partial charge < -0.3 is 10.6 Å². The van der Waals surface area contributed by atoms with Crippen LogP contribution in [0.5, 0.6) is 0 Å². The summed E-state index contributed by atoms with van der Waals surface area (Å²) < 4.78 is 0.302. The van der Waals surface area contributed by atoms with Gasteiger partial charge in [-0.1, -0.05) is 0 Å². The van der Waals surface area contributed by atoms with Gasteiger partial charge in [-0.05, 0) is 47.3 Å². The number of nitro groups is 1. The van der Waals surface area contributed by atoms with Crippen molar-refractivity contribution in [1.82, 2.24) is 10.6 Å². The minimum absolute atomic E-state index is 0.155. The molecule has 2 rings (SSSR count). The molecule has 7 nitrogen and oxygen atoms in total. The highest BCUT2D eigenvalue weighted by atomic mass is 79.9. The second kappa shape index (κ2) is 6.66. The molecular weight excluding hydrogens is 342 g/mol. The third-order valence-corrected chi connectivity index (χ3v) is 3.92. The van der Waals surface area contributed by atoms with Crippen LogP contribution in [-0.4, -0.2) is 29.3 Å². The number of rotatable bonds is 3. The number of carbonyl (C=O) groups excluding carboxylic acids is 2.